The van der Waals surface area contributed by atoms with Gasteiger partial charge in [0.2, 0.25) is 0 Å². The van der Waals surface area contributed by atoms with Gasteiger partial charge in [-0.15, -0.1) is 0 Å². The fourth-order valence-electron chi connectivity index (χ4n) is 1.55. The maximum atomic E-state index is 9.32. The highest BCUT2D eigenvalue weighted by Crippen LogP contribution is 2.10. The molecule has 2 N–H and O–H groups in total. The average molecular weight is 202 g/mol. The Morgan fingerprint density at radius 3 is 1.86 bits per heavy atom. The first-order chi connectivity index (χ1) is 6.68. The van der Waals surface area contributed by atoms with Crippen LogP contribution in [0.15, 0.2) is 0 Å². The molecule has 0 amide bonds. The topological polar surface area (TPSA) is 40.5 Å². The second-order valence-electron chi connectivity index (χ2n) is 4.22. The van der Waals surface area contributed by atoms with Gasteiger partial charge in [0.1, 0.15) is 0 Å². The molecule has 0 spiro atoms. The van der Waals surface area contributed by atoms with Crippen LogP contribution in [-0.4, -0.2) is 22.4 Å². The number of rotatable bonds is 9. The van der Waals surface area contributed by atoms with Crippen LogP contribution in [-0.2, 0) is 0 Å². The third-order valence-electron chi connectivity index (χ3n) is 2.66. The average Bonchev–Trinajstić information content (AvgIpc) is 2.16. The number of aliphatic hydroxyl groups is 2. The van der Waals surface area contributed by atoms with Crippen molar-refractivity contribution in [3.63, 3.8) is 0 Å². The van der Waals surface area contributed by atoms with Crippen molar-refractivity contribution in [2.24, 2.45) is 0 Å². The van der Waals surface area contributed by atoms with E-state index in [9.17, 15) is 5.11 Å². The van der Waals surface area contributed by atoms with E-state index in [2.05, 4.69) is 6.92 Å². The summed E-state index contributed by atoms with van der Waals surface area (Å²) in [6.07, 6.45) is 8.44. The molecule has 2 atom stereocenters. The summed E-state index contributed by atoms with van der Waals surface area (Å²) in [6, 6.07) is 0. The van der Waals surface area contributed by atoms with E-state index in [1.807, 2.05) is 0 Å². The van der Waals surface area contributed by atoms with Crippen LogP contribution in [0, 0.1) is 0 Å². The fourth-order valence-corrected chi connectivity index (χ4v) is 1.55. The standard InChI is InChI=1S/C12H26O2/c1-3-4-5-6-7-8-9-10-12(14)11(2)13/h11-14H,3-10H2,1-2H3/t11-,12-/m1/s1. The molecule has 0 bridgehead atoms. The highest BCUT2D eigenvalue weighted by molar-refractivity contribution is 4.61. The van der Waals surface area contributed by atoms with Gasteiger partial charge < -0.3 is 10.2 Å². The Labute approximate surface area is 88.3 Å². The Morgan fingerprint density at radius 2 is 1.36 bits per heavy atom. The van der Waals surface area contributed by atoms with Crippen molar-refractivity contribution in [3.8, 4) is 0 Å². The Bertz CT molecular complexity index is 113. The highest BCUT2D eigenvalue weighted by atomic mass is 16.3. The highest BCUT2D eigenvalue weighted by Gasteiger charge is 2.09. The van der Waals surface area contributed by atoms with Gasteiger partial charge in [0.05, 0.1) is 12.2 Å². The van der Waals surface area contributed by atoms with E-state index in [0.29, 0.717) is 0 Å². The lowest BCUT2D eigenvalue weighted by molar-refractivity contribution is 0.0247. The zero-order valence-electron chi connectivity index (χ0n) is 9.71. The minimum Gasteiger partial charge on any atom is -0.391 e. The Morgan fingerprint density at radius 1 is 0.857 bits per heavy atom. The van der Waals surface area contributed by atoms with Crippen molar-refractivity contribution in [2.75, 3.05) is 0 Å². The maximum absolute atomic E-state index is 9.32. The molecule has 0 fully saturated rings. The van der Waals surface area contributed by atoms with Gasteiger partial charge >= 0.3 is 0 Å². The minimum atomic E-state index is -0.574. The van der Waals surface area contributed by atoms with Crippen molar-refractivity contribution >= 4 is 0 Å². The number of unbranched alkanes of at least 4 members (excludes halogenated alkanes) is 6. The van der Waals surface area contributed by atoms with Gasteiger partial charge in [-0.3, -0.25) is 0 Å². The van der Waals surface area contributed by atoms with Gasteiger partial charge in [0, 0.05) is 0 Å². The molecule has 0 heterocycles. The molecular weight excluding hydrogens is 176 g/mol. The smallest absolute Gasteiger partial charge is 0.0796 e. The lowest BCUT2D eigenvalue weighted by Crippen LogP contribution is -2.21. The largest absolute Gasteiger partial charge is 0.391 e. The van der Waals surface area contributed by atoms with Crippen LogP contribution in [0.1, 0.15) is 65.2 Å². The molecule has 2 nitrogen and oxygen atoms in total. The molecule has 86 valence electrons. The molecule has 2 heteroatoms. The van der Waals surface area contributed by atoms with Crippen molar-refractivity contribution in [2.45, 2.75) is 77.4 Å². The van der Waals surface area contributed by atoms with Crippen LogP contribution >= 0.6 is 0 Å². The van der Waals surface area contributed by atoms with Gasteiger partial charge in [0.25, 0.3) is 0 Å². The summed E-state index contributed by atoms with van der Waals surface area (Å²) < 4.78 is 0. The maximum Gasteiger partial charge on any atom is 0.0796 e. The van der Waals surface area contributed by atoms with E-state index in [-0.39, 0.29) is 0 Å². The van der Waals surface area contributed by atoms with Crippen LogP contribution in [0.5, 0.6) is 0 Å². The number of hydrogen-bond donors (Lipinski definition) is 2. The molecule has 0 saturated carbocycles. The summed E-state index contributed by atoms with van der Waals surface area (Å²) in [5, 5.41) is 18.4. The van der Waals surface area contributed by atoms with Crippen molar-refractivity contribution in [1.29, 1.82) is 0 Å². The van der Waals surface area contributed by atoms with Crippen LogP contribution in [0.25, 0.3) is 0 Å². The molecule has 0 aliphatic carbocycles. The molecule has 0 aliphatic rings. The summed E-state index contributed by atoms with van der Waals surface area (Å²) in [4.78, 5) is 0. The van der Waals surface area contributed by atoms with E-state index in [4.69, 9.17) is 5.11 Å². The normalized spacial score (nSPS) is 15.4. The van der Waals surface area contributed by atoms with Crippen molar-refractivity contribution < 1.29 is 10.2 Å². The Balaban J connectivity index is 3.06. The first-order valence-electron chi connectivity index (χ1n) is 6.04. The number of hydrogen-bond acceptors (Lipinski definition) is 2. The van der Waals surface area contributed by atoms with E-state index in [0.717, 1.165) is 12.8 Å². The lowest BCUT2D eigenvalue weighted by atomic mass is 10.0. The van der Waals surface area contributed by atoms with Crippen LogP contribution < -0.4 is 0 Å². The lowest BCUT2D eigenvalue weighted by Gasteiger charge is -2.12. The van der Waals surface area contributed by atoms with Gasteiger partial charge in [-0.05, 0) is 13.3 Å². The summed E-state index contributed by atoms with van der Waals surface area (Å²) >= 11 is 0. The van der Waals surface area contributed by atoms with E-state index in [1.54, 1.807) is 6.92 Å². The molecule has 0 aromatic heterocycles. The summed E-state index contributed by atoms with van der Waals surface area (Å²) in [7, 11) is 0. The summed E-state index contributed by atoms with van der Waals surface area (Å²) in [5.74, 6) is 0. The van der Waals surface area contributed by atoms with Gasteiger partial charge in [-0.2, -0.15) is 0 Å². The first-order valence-corrected chi connectivity index (χ1v) is 6.04. The molecule has 0 aromatic carbocycles. The predicted molar refractivity (Wildman–Crippen MR) is 60.3 cm³/mol. The first kappa shape index (κ1) is 13.9. The number of aliphatic hydroxyl groups excluding tert-OH is 2. The third kappa shape index (κ3) is 8.52. The monoisotopic (exact) mass is 202 g/mol. The molecule has 0 unspecified atom stereocenters. The Hall–Kier alpha value is -0.0800. The van der Waals surface area contributed by atoms with Crippen LogP contribution in [0.2, 0.25) is 0 Å². The summed E-state index contributed by atoms with van der Waals surface area (Å²) in [5.41, 5.74) is 0. The van der Waals surface area contributed by atoms with Crippen LogP contribution in [0.3, 0.4) is 0 Å². The van der Waals surface area contributed by atoms with E-state index < -0.39 is 12.2 Å². The third-order valence-corrected chi connectivity index (χ3v) is 2.66. The van der Waals surface area contributed by atoms with E-state index in [1.165, 1.54) is 38.5 Å². The molecule has 0 aliphatic heterocycles. The Kier molecular flexibility index (Phi) is 9.42. The minimum absolute atomic E-state index is 0.523. The van der Waals surface area contributed by atoms with Gasteiger partial charge in [-0.25, -0.2) is 0 Å². The molecule has 14 heavy (non-hydrogen) atoms. The van der Waals surface area contributed by atoms with Crippen molar-refractivity contribution in [3.05, 3.63) is 0 Å². The zero-order valence-corrected chi connectivity index (χ0v) is 9.71. The van der Waals surface area contributed by atoms with Crippen molar-refractivity contribution in [1.82, 2.24) is 0 Å². The van der Waals surface area contributed by atoms with Gasteiger partial charge in [0.15, 0.2) is 0 Å². The zero-order chi connectivity index (χ0) is 10.8. The molecular formula is C12H26O2. The SMILES string of the molecule is CCCCCCCCC[C@@H](O)[C@@H](C)O. The summed E-state index contributed by atoms with van der Waals surface area (Å²) in [6.45, 7) is 3.87. The molecule has 0 aromatic rings. The van der Waals surface area contributed by atoms with Crippen LogP contribution in [0.4, 0.5) is 0 Å². The fraction of sp³-hybridized carbons (Fsp3) is 1.00. The molecule has 0 saturated heterocycles. The predicted octanol–water partition coefficient (Wildman–Crippen LogP) is 2.87. The molecule has 0 radical (unpaired) electrons. The molecule has 0 rings (SSSR count). The van der Waals surface area contributed by atoms with E-state index >= 15 is 0 Å². The quantitative estimate of drug-likeness (QED) is 0.564. The second kappa shape index (κ2) is 9.47. The van der Waals surface area contributed by atoms with Gasteiger partial charge in [-0.1, -0.05) is 51.9 Å². The second-order valence-corrected chi connectivity index (χ2v) is 4.22.